The topological polar surface area (TPSA) is 81.1 Å². The Morgan fingerprint density at radius 3 is 2.81 bits per heavy atom. The molecule has 0 spiro atoms. The van der Waals surface area contributed by atoms with Crippen molar-refractivity contribution in [1.82, 2.24) is 9.80 Å². The number of carbonyl (C=O) groups is 2. The number of halogens is 2. The van der Waals surface area contributed by atoms with Crippen molar-refractivity contribution in [2.75, 3.05) is 19.6 Å². The van der Waals surface area contributed by atoms with Gasteiger partial charge in [-0.05, 0) is 37.3 Å². The Morgan fingerprint density at radius 1 is 1.38 bits per heavy atom. The highest BCUT2D eigenvalue weighted by molar-refractivity contribution is 6.42. The third kappa shape index (κ3) is 3.50. The summed E-state index contributed by atoms with van der Waals surface area (Å²) < 4.78 is 0. The van der Waals surface area contributed by atoms with Crippen molar-refractivity contribution in [1.29, 1.82) is 0 Å². The number of piperidine rings is 1. The van der Waals surface area contributed by atoms with Gasteiger partial charge in [0.15, 0.2) is 0 Å². The lowest BCUT2D eigenvalue weighted by Crippen LogP contribution is -2.61. The standard InChI is InChI=1S/C18H22Cl2N2O4/c1-2-13(23)18(26)21-8-11-7-10(5-6-22(11)15(25)9-21)16-14(24)4-3-12(19)17(16)20/h3-4,10-11,13,23-24H,2,5-9H2,1H3/t10-,11+,13+/m1/s1. The maximum atomic E-state index is 12.4. The minimum atomic E-state index is -1.08. The normalized spacial score (nSPS) is 24.4. The minimum Gasteiger partial charge on any atom is -0.508 e. The highest BCUT2D eigenvalue weighted by Gasteiger charge is 2.40. The molecular formula is C18H22Cl2N2O4. The molecule has 2 aliphatic heterocycles. The molecule has 2 amide bonds. The molecule has 0 saturated carbocycles. The van der Waals surface area contributed by atoms with E-state index in [4.69, 9.17) is 23.2 Å². The number of hydrogen-bond acceptors (Lipinski definition) is 4. The number of amides is 2. The number of phenolic OH excluding ortho intramolecular Hbond substituents is 1. The van der Waals surface area contributed by atoms with E-state index in [2.05, 4.69) is 0 Å². The first kappa shape index (κ1) is 19.3. The van der Waals surface area contributed by atoms with Crippen LogP contribution in [0.25, 0.3) is 0 Å². The number of aliphatic hydroxyl groups excluding tert-OH is 1. The van der Waals surface area contributed by atoms with Crippen LogP contribution in [0.1, 0.15) is 37.7 Å². The zero-order chi connectivity index (χ0) is 19.0. The molecule has 2 N–H and O–H groups in total. The first-order valence-electron chi connectivity index (χ1n) is 8.76. The fraction of sp³-hybridized carbons (Fsp3) is 0.556. The van der Waals surface area contributed by atoms with Gasteiger partial charge in [-0.25, -0.2) is 0 Å². The van der Waals surface area contributed by atoms with Crippen LogP contribution in [-0.4, -0.2) is 63.6 Å². The zero-order valence-corrected chi connectivity index (χ0v) is 16.0. The molecule has 3 atom stereocenters. The van der Waals surface area contributed by atoms with Gasteiger partial charge in [-0.15, -0.1) is 0 Å². The summed E-state index contributed by atoms with van der Waals surface area (Å²) in [6.45, 7) is 2.63. The predicted molar refractivity (Wildman–Crippen MR) is 98.5 cm³/mol. The molecule has 2 aliphatic rings. The second kappa shape index (κ2) is 7.62. The maximum absolute atomic E-state index is 12.4. The fourth-order valence-corrected chi connectivity index (χ4v) is 4.36. The average molecular weight is 401 g/mol. The van der Waals surface area contributed by atoms with Crippen LogP contribution >= 0.6 is 23.2 Å². The van der Waals surface area contributed by atoms with Crippen LogP contribution in [0, 0.1) is 0 Å². The van der Waals surface area contributed by atoms with Crippen molar-refractivity contribution in [2.45, 2.75) is 44.2 Å². The Labute approximate surface area is 162 Å². The molecular weight excluding hydrogens is 379 g/mol. The number of fused-ring (bicyclic) bond motifs is 1. The molecule has 0 bridgehead atoms. The van der Waals surface area contributed by atoms with Crippen molar-refractivity contribution in [3.63, 3.8) is 0 Å². The summed E-state index contributed by atoms with van der Waals surface area (Å²) in [5.41, 5.74) is 0.600. The summed E-state index contributed by atoms with van der Waals surface area (Å²) in [5.74, 6) is -0.486. The van der Waals surface area contributed by atoms with Gasteiger partial charge in [-0.3, -0.25) is 9.59 Å². The van der Waals surface area contributed by atoms with E-state index in [1.165, 1.54) is 11.0 Å². The van der Waals surface area contributed by atoms with E-state index >= 15 is 0 Å². The molecule has 3 rings (SSSR count). The summed E-state index contributed by atoms with van der Waals surface area (Å²) in [6, 6.07) is 2.90. The van der Waals surface area contributed by atoms with E-state index in [1.807, 2.05) is 0 Å². The summed E-state index contributed by atoms with van der Waals surface area (Å²) >= 11 is 12.4. The lowest BCUT2D eigenvalue weighted by Gasteiger charge is -2.46. The number of aromatic hydroxyl groups is 1. The summed E-state index contributed by atoms with van der Waals surface area (Å²) in [4.78, 5) is 27.9. The van der Waals surface area contributed by atoms with Gasteiger partial charge >= 0.3 is 0 Å². The smallest absolute Gasteiger partial charge is 0.251 e. The van der Waals surface area contributed by atoms with E-state index in [-0.39, 0.29) is 30.2 Å². The molecule has 1 aromatic carbocycles. The summed E-state index contributed by atoms with van der Waals surface area (Å²) in [5, 5.41) is 20.8. The Hall–Kier alpha value is -1.50. The monoisotopic (exact) mass is 400 g/mol. The number of rotatable bonds is 3. The highest BCUT2D eigenvalue weighted by Crippen LogP contribution is 2.43. The van der Waals surface area contributed by atoms with Crippen LogP contribution in [0.2, 0.25) is 10.0 Å². The van der Waals surface area contributed by atoms with Gasteiger partial charge < -0.3 is 20.0 Å². The van der Waals surface area contributed by atoms with E-state index < -0.39 is 12.0 Å². The molecule has 2 saturated heterocycles. The van der Waals surface area contributed by atoms with Crippen LogP contribution in [0.3, 0.4) is 0 Å². The van der Waals surface area contributed by atoms with E-state index in [0.717, 1.165) is 0 Å². The largest absolute Gasteiger partial charge is 0.508 e. The lowest BCUT2D eigenvalue weighted by atomic mass is 9.83. The Bertz CT molecular complexity index is 727. The van der Waals surface area contributed by atoms with Gasteiger partial charge in [0.05, 0.1) is 16.6 Å². The average Bonchev–Trinajstić information content (AvgIpc) is 2.63. The van der Waals surface area contributed by atoms with Gasteiger partial charge in [0, 0.05) is 24.7 Å². The van der Waals surface area contributed by atoms with Gasteiger partial charge in [0.1, 0.15) is 11.9 Å². The molecule has 142 valence electrons. The predicted octanol–water partition coefficient (Wildman–Crippen LogP) is 2.39. The SMILES string of the molecule is CC[C@H](O)C(=O)N1CC(=O)N2CC[C@@H](c3c(O)ccc(Cl)c3Cl)C[C@H]2C1. The van der Waals surface area contributed by atoms with E-state index in [1.54, 1.807) is 17.9 Å². The van der Waals surface area contributed by atoms with Crippen LogP contribution in [0.4, 0.5) is 0 Å². The molecule has 6 nitrogen and oxygen atoms in total. The Balaban J connectivity index is 1.81. The quantitative estimate of drug-likeness (QED) is 0.815. The number of piperazine rings is 1. The number of hydrogen-bond donors (Lipinski definition) is 2. The highest BCUT2D eigenvalue weighted by atomic mass is 35.5. The van der Waals surface area contributed by atoms with Crippen LogP contribution in [0.15, 0.2) is 12.1 Å². The second-order valence-electron chi connectivity index (χ2n) is 6.90. The number of benzene rings is 1. The molecule has 26 heavy (non-hydrogen) atoms. The molecule has 2 fully saturated rings. The van der Waals surface area contributed by atoms with Gasteiger partial charge in [0.25, 0.3) is 5.91 Å². The van der Waals surface area contributed by atoms with E-state index in [9.17, 15) is 19.8 Å². The van der Waals surface area contributed by atoms with Crippen molar-refractivity contribution in [3.05, 3.63) is 27.7 Å². The Morgan fingerprint density at radius 2 is 2.12 bits per heavy atom. The fourth-order valence-electron chi connectivity index (χ4n) is 3.89. The third-order valence-corrected chi connectivity index (χ3v) is 6.11. The van der Waals surface area contributed by atoms with Gasteiger partial charge in [-0.1, -0.05) is 30.1 Å². The third-order valence-electron chi connectivity index (χ3n) is 5.29. The van der Waals surface area contributed by atoms with Crippen molar-refractivity contribution in [2.24, 2.45) is 0 Å². The maximum Gasteiger partial charge on any atom is 0.251 e. The van der Waals surface area contributed by atoms with Crippen molar-refractivity contribution in [3.8, 4) is 5.75 Å². The molecule has 0 aromatic heterocycles. The molecule has 1 aromatic rings. The van der Waals surface area contributed by atoms with E-state index in [0.29, 0.717) is 48.0 Å². The van der Waals surface area contributed by atoms with Gasteiger partial charge in [-0.2, -0.15) is 0 Å². The summed E-state index contributed by atoms with van der Waals surface area (Å²) in [7, 11) is 0. The lowest BCUT2D eigenvalue weighted by molar-refractivity contribution is -0.154. The molecule has 0 unspecified atom stereocenters. The second-order valence-corrected chi connectivity index (χ2v) is 7.68. The summed E-state index contributed by atoms with van der Waals surface area (Å²) in [6.07, 6.45) is 0.472. The number of carbonyl (C=O) groups excluding carboxylic acids is 2. The zero-order valence-electron chi connectivity index (χ0n) is 14.5. The molecule has 2 heterocycles. The number of aliphatic hydroxyl groups is 1. The number of phenols is 1. The number of nitrogens with zero attached hydrogens (tertiary/aromatic N) is 2. The van der Waals surface area contributed by atoms with Crippen LogP contribution < -0.4 is 0 Å². The van der Waals surface area contributed by atoms with Crippen molar-refractivity contribution < 1.29 is 19.8 Å². The molecule has 0 aliphatic carbocycles. The van der Waals surface area contributed by atoms with Crippen LogP contribution in [0.5, 0.6) is 5.75 Å². The minimum absolute atomic E-state index is 0.000229. The first-order valence-corrected chi connectivity index (χ1v) is 9.52. The van der Waals surface area contributed by atoms with Crippen molar-refractivity contribution >= 4 is 35.0 Å². The first-order chi connectivity index (χ1) is 12.3. The van der Waals surface area contributed by atoms with Crippen LogP contribution in [-0.2, 0) is 9.59 Å². The molecule has 0 radical (unpaired) electrons. The molecule has 8 heteroatoms. The Kier molecular flexibility index (Phi) is 5.65. The van der Waals surface area contributed by atoms with Gasteiger partial charge in [0.2, 0.25) is 5.91 Å².